The first-order chi connectivity index (χ1) is 6.61. The van der Waals surface area contributed by atoms with Crippen molar-refractivity contribution in [3.63, 3.8) is 0 Å². The van der Waals surface area contributed by atoms with E-state index in [1.807, 2.05) is 6.92 Å². The molecule has 0 spiro atoms. The van der Waals surface area contributed by atoms with Crippen molar-refractivity contribution in [3.05, 3.63) is 35.9 Å². The molecule has 1 unspecified atom stereocenters. The van der Waals surface area contributed by atoms with Crippen LogP contribution < -0.4 is 5.73 Å². The van der Waals surface area contributed by atoms with Crippen LogP contribution in [0.15, 0.2) is 30.3 Å². The van der Waals surface area contributed by atoms with Crippen LogP contribution in [0, 0.1) is 0 Å². The molecule has 1 aromatic carbocycles. The summed E-state index contributed by atoms with van der Waals surface area (Å²) >= 11 is 0. The zero-order chi connectivity index (χ0) is 10.6. The summed E-state index contributed by atoms with van der Waals surface area (Å²) in [6.07, 6.45) is -1.57. The maximum atomic E-state index is 12.8. The zero-order valence-corrected chi connectivity index (χ0v) is 8.21. The molecule has 0 aliphatic heterocycles. The molecule has 1 atom stereocenters. The molecule has 0 aromatic heterocycles. The quantitative estimate of drug-likeness (QED) is 0.792. The largest absolute Gasteiger partial charge is 0.317 e. The topological polar surface area (TPSA) is 26.0 Å². The molecule has 0 amide bonds. The van der Waals surface area contributed by atoms with E-state index in [2.05, 4.69) is 0 Å². The Balaban J connectivity index is 2.99. The third kappa shape index (κ3) is 2.10. The Hall–Kier alpha value is -0.960. The fourth-order valence-electron chi connectivity index (χ4n) is 1.54. The normalized spacial score (nSPS) is 15.5. The van der Waals surface area contributed by atoms with E-state index in [4.69, 9.17) is 5.73 Å². The highest BCUT2D eigenvalue weighted by atomic mass is 19.3. The minimum Gasteiger partial charge on any atom is -0.317 e. The molecule has 0 aliphatic rings. The Morgan fingerprint density at radius 2 is 1.86 bits per heavy atom. The monoisotopic (exact) mass is 199 g/mol. The number of hydrogen-bond acceptors (Lipinski definition) is 1. The smallest absolute Gasteiger partial charge is 0.260 e. The first kappa shape index (κ1) is 11.1. The van der Waals surface area contributed by atoms with Crippen LogP contribution in [0.25, 0.3) is 0 Å². The van der Waals surface area contributed by atoms with Crippen molar-refractivity contribution in [1.29, 1.82) is 0 Å². The number of alkyl halides is 2. The Labute approximate surface area is 82.9 Å². The van der Waals surface area contributed by atoms with Crippen LogP contribution in [0.4, 0.5) is 8.78 Å². The summed E-state index contributed by atoms with van der Waals surface area (Å²) in [7, 11) is 0. The summed E-state index contributed by atoms with van der Waals surface area (Å²) in [6, 6.07) is 8.56. The molecule has 2 N–H and O–H groups in total. The molecule has 0 bridgehead atoms. The van der Waals surface area contributed by atoms with E-state index in [0.29, 0.717) is 18.4 Å². The van der Waals surface area contributed by atoms with Gasteiger partial charge in [0.2, 0.25) is 0 Å². The van der Waals surface area contributed by atoms with Crippen LogP contribution >= 0.6 is 0 Å². The Kier molecular flexibility index (Phi) is 3.58. The van der Waals surface area contributed by atoms with Gasteiger partial charge in [-0.2, -0.15) is 0 Å². The first-order valence-electron chi connectivity index (χ1n) is 4.74. The van der Waals surface area contributed by atoms with Gasteiger partial charge in [-0.3, -0.25) is 0 Å². The lowest BCUT2D eigenvalue weighted by Crippen LogP contribution is -2.43. The SMILES string of the molecule is CCCC(N)(c1ccccc1)C(F)F. The Bertz CT molecular complexity index is 274. The molecular weight excluding hydrogens is 184 g/mol. The summed E-state index contributed by atoms with van der Waals surface area (Å²) in [5.41, 5.74) is 4.74. The van der Waals surface area contributed by atoms with Crippen molar-refractivity contribution in [2.45, 2.75) is 31.7 Å². The van der Waals surface area contributed by atoms with Crippen LogP contribution in [-0.4, -0.2) is 6.43 Å². The van der Waals surface area contributed by atoms with Gasteiger partial charge < -0.3 is 5.73 Å². The summed E-state index contributed by atoms with van der Waals surface area (Å²) in [5.74, 6) is 0. The van der Waals surface area contributed by atoms with Crippen molar-refractivity contribution >= 4 is 0 Å². The van der Waals surface area contributed by atoms with E-state index >= 15 is 0 Å². The summed E-state index contributed by atoms with van der Waals surface area (Å²) in [4.78, 5) is 0. The van der Waals surface area contributed by atoms with E-state index in [9.17, 15) is 8.78 Å². The lowest BCUT2D eigenvalue weighted by atomic mass is 9.87. The predicted octanol–water partition coefficient (Wildman–Crippen LogP) is 2.91. The highest BCUT2D eigenvalue weighted by Crippen LogP contribution is 2.30. The summed E-state index contributed by atoms with van der Waals surface area (Å²) in [6.45, 7) is 1.85. The van der Waals surface area contributed by atoms with E-state index < -0.39 is 12.0 Å². The van der Waals surface area contributed by atoms with Gasteiger partial charge in [-0.15, -0.1) is 0 Å². The number of nitrogens with two attached hydrogens (primary N) is 1. The molecule has 0 radical (unpaired) electrons. The standard InChI is InChI=1S/C11H15F2N/c1-2-8-11(14,10(12)13)9-6-4-3-5-7-9/h3-7,10H,2,8,14H2,1H3. The van der Waals surface area contributed by atoms with Gasteiger partial charge in [0.15, 0.2) is 0 Å². The van der Waals surface area contributed by atoms with Crippen molar-refractivity contribution in [1.82, 2.24) is 0 Å². The molecule has 0 heterocycles. The van der Waals surface area contributed by atoms with Gasteiger partial charge in [-0.05, 0) is 12.0 Å². The maximum Gasteiger partial charge on any atom is 0.260 e. The van der Waals surface area contributed by atoms with Crippen LogP contribution in [-0.2, 0) is 5.54 Å². The molecule has 14 heavy (non-hydrogen) atoms. The molecule has 1 nitrogen and oxygen atoms in total. The van der Waals surface area contributed by atoms with E-state index in [-0.39, 0.29) is 0 Å². The fourth-order valence-corrected chi connectivity index (χ4v) is 1.54. The Morgan fingerprint density at radius 3 is 2.29 bits per heavy atom. The maximum absolute atomic E-state index is 12.8. The third-order valence-corrected chi connectivity index (χ3v) is 2.36. The second-order valence-electron chi connectivity index (χ2n) is 3.46. The average Bonchev–Trinajstić information content (AvgIpc) is 2.19. The molecule has 1 aromatic rings. The van der Waals surface area contributed by atoms with Gasteiger partial charge in [-0.25, -0.2) is 8.78 Å². The molecule has 0 saturated carbocycles. The highest BCUT2D eigenvalue weighted by Gasteiger charge is 2.36. The van der Waals surface area contributed by atoms with Gasteiger partial charge in [0.25, 0.3) is 6.43 Å². The van der Waals surface area contributed by atoms with Gasteiger partial charge in [0, 0.05) is 0 Å². The van der Waals surface area contributed by atoms with Crippen molar-refractivity contribution in [2.24, 2.45) is 5.73 Å². The molecule has 0 saturated heterocycles. The molecule has 3 heteroatoms. The second kappa shape index (κ2) is 4.51. The summed E-state index contributed by atoms with van der Waals surface area (Å²) < 4.78 is 25.7. The average molecular weight is 199 g/mol. The lowest BCUT2D eigenvalue weighted by Gasteiger charge is -2.28. The molecular formula is C11H15F2N. The Morgan fingerprint density at radius 1 is 1.29 bits per heavy atom. The van der Waals surface area contributed by atoms with E-state index in [1.54, 1.807) is 30.3 Å². The second-order valence-corrected chi connectivity index (χ2v) is 3.46. The van der Waals surface area contributed by atoms with Crippen molar-refractivity contribution in [3.8, 4) is 0 Å². The van der Waals surface area contributed by atoms with Gasteiger partial charge in [-0.1, -0.05) is 43.7 Å². The van der Waals surface area contributed by atoms with Gasteiger partial charge >= 0.3 is 0 Å². The molecule has 0 aliphatic carbocycles. The zero-order valence-electron chi connectivity index (χ0n) is 8.21. The van der Waals surface area contributed by atoms with Crippen LogP contribution in [0.1, 0.15) is 25.3 Å². The van der Waals surface area contributed by atoms with Gasteiger partial charge in [0.1, 0.15) is 5.54 Å². The summed E-state index contributed by atoms with van der Waals surface area (Å²) in [5, 5.41) is 0. The van der Waals surface area contributed by atoms with Crippen LogP contribution in [0.3, 0.4) is 0 Å². The highest BCUT2D eigenvalue weighted by molar-refractivity contribution is 5.24. The lowest BCUT2D eigenvalue weighted by molar-refractivity contribution is 0.0460. The minimum absolute atomic E-state index is 0.300. The third-order valence-electron chi connectivity index (χ3n) is 2.36. The fraction of sp³-hybridized carbons (Fsp3) is 0.455. The molecule has 1 rings (SSSR count). The van der Waals surface area contributed by atoms with Crippen LogP contribution in [0.2, 0.25) is 0 Å². The van der Waals surface area contributed by atoms with Crippen molar-refractivity contribution in [2.75, 3.05) is 0 Å². The number of benzene rings is 1. The molecule has 78 valence electrons. The van der Waals surface area contributed by atoms with Crippen molar-refractivity contribution < 1.29 is 8.78 Å². The number of hydrogen-bond donors (Lipinski definition) is 1. The first-order valence-corrected chi connectivity index (χ1v) is 4.74. The predicted molar refractivity (Wildman–Crippen MR) is 53.2 cm³/mol. The van der Waals surface area contributed by atoms with E-state index in [1.165, 1.54) is 0 Å². The van der Waals surface area contributed by atoms with Gasteiger partial charge in [0.05, 0.1) is 0 Å². The number of halogens is 2. The molecule has 0 fully saturated rings. The number of rotatable bonds is 4. The van der Waals surface area contributed by atoms with Crippen LogP contribution in [0.5, 0.6) is 0 Å². The minimum atomic E-state index is -2.52. The van der Waals surface area contributed by atoms with E-state index in [0.717, 1.165) is 0 Å².